The van der Waals surface area contributed by atoms with Crippen LogP contribution in [0.5, 0.6) is 0 Å². The molecule has 118 valence electrons. The van der Waals surface area contributed by atoms with Crippen molar-refractivity contribution in [3.8, 4) is 0 Å². The molecular formula is C19H35Br. The number of alkyl halides is 1. The van der Waals surface area contributed by atoms with Crippen molar-refractivity contribution >= 4 is 15.9 Å². The maximum Gasteiger partial charge on any atom is 0.00313 e. The highest BCUT2D eigenvalue weighted by molar-refractivity contribution is 9.09. The fourth-order valence-electron chi connectivity index (χ4n) is 4.64. The van der Waals surface area contributed by atoms with Crippen molar-refractivity contribution in [2.75, 3.05) is 5.33 Å². The van der Waals surface area contributed by atoms with E-state index in [1.54, 1.807) is 38.5 Å². The van der Waals surface area contributed by atoms with Crippen LogP contribution in [0, 0.1) is 17.8 Å². The zero-order valence-electron chi connectivity index (χ0n) is 13.4. The molecule has 2 rings (SSSR count). The van der Waals surface area contributed by atoms with Crippen molar-refractivity contribution in [2.24, 2.45) is 17.8 Å². The van der Waals surface area contributed by atoms with E-state index < -0.39 is 0 Å². The molecule has 0 saturated heterocycles. The van der Waals surface area contributed by atoms with Gasteiger partial charge in [-0.2, -0.15) is 0 Å². The lowest BCUT2D eigenvalue weighted by atomic mass is 9.88. The van der Waals surface area contributed by atoms with Crippen LogP contribution in [0.3, 0.4) is 0 Å². The summed E-state index contributed by atoms with van der Waals surface area (Å²) in [5, 5.41) is 1.19. The minimum Gasteiger partial charge on any atom is -0.0928 e. The zero-order chi connectivity index (χ0) is 14.0. The average molecular weight is 343 g/mol. The van der Waals surface area contributed by atoms with Crippen LogP contribution in [0.1, 0.15) is 96.3 Å². The molecule has 0 radical (unpaired) electrons. The number of hydrogen-bond donors (Lipinski definition) is 0. The van der Waals surface area contributed by atoms with E-state index in [0.29, 0.717) is 0 Å². The molecule has 2 unspecified atom stereocenters. The molecular weight excluding hydrogens is 308 g/mol. The molecule has 20 heavy (non-hydrogen) atoms. The van der Waals surface area contributed by atoms with E-state index in [2.05, 4.69) is 15.9 Å². The summed E-state index contributed by atoms with van der Waals surface area (Å²) >= 11 is 3.51. The van der Waals surface area contributed by atoms with Crippen LogP contribution < -0.4 is 0 Å². The van der Waals surface area contributed by atoms with Crippen molar-refractivity contribution < 1.29 is 0 Å². The van der Waals surface area contributed by atoms with Crippen LogP contribution in [0.2, 0.25) is 0 Å². The number of rotatable bonds is 10. The Kier molecular flexibility index (Phi) is 8.63. The molecule has 0 bridgehead atoms. The lowest BCUT2D eigenvalue weighted by molar-refractivity contribution is 0.329. The molecule has 0 aromatic heterocycles. The molecule has 0 spiro atoms. The van der Waals surface area contributed by atoms with Gasteiger partial charge in [-0.1, -0.05) is 93.0 Å². The van der Waals surface area contributed by atoms with Crippen molar-refractivity contribution in [1.29, 1.82) is 0 Å². The monoisotopic (exact) mass is 342 g/mol. The van der Waals surface area contributed by atoms with Gasteiger partial charge in [0.15, 0.2) is 0 Å². The van der Waals surface area contributed by atoms with Gasteiger partial charge in [-0.05, 0) is 37.0 Å². The van der Waals surface area contributed by atoms with E-state index in [1.807, 2.05) is 0 Å². The van der Waals surface area contributed by atoms with Crippen molar-refractivity contribution in [2.45, 2.75) is 96.3 Å². The summed E-state index contributed by atoms with van der Waals surface area (Å²) in [5.74, 6) is 3.37. The second kappa shape index (κ2) is 10.2. The number of halogens is 1. The van der Waals surface area contributed by atoms with Crippen molar-refractivity contribution in [3.05, 3.63) is 0 Å². The summed E-state index contributed by atoms with van der Waals surface area (Å²) in [7, 11) is 0. The standard InChI is InChI=1S/C19H35Br/c20-15-9-5-3-1-2-4-6-10-17-13-14-19(16-17)18-11-7-8-12-18/h17-19H,1-16H2. The molecule has 2 aliphatic rings. The van der Waals surface area contributed by atoms with Crippen LogP contribution in [0.15, 0.2) is 0 Å². The second-order valence-electron chi connectivity index (χ2n) is 7.44. The molecule has 0 aromatic carbocycles. The molecule has 0 nitrogen and oxygen atoms in total. The fourth-order valence-corrected chi connectivity index (χ4v) is 5.04. The van der Waals surface area contributed by atoms with Gasteiger partial charge < -0.3 is 0 Å². The first kappa shape index (κ1) is 16.8. The van der Waals surface area contributed by atoms with E-state index >= 15 is 0 Å². The number of unbranched alkanes of at least 4 members (excludes halogenated alkanes) is 6. The van der Waals surface area contributed by atoms with Crippen LogP contribution >= 0.6 is 15.9 Å². The predicted molar refractivity (Wildman–Crippen MR) is 93.5 cm³/mol. The van der Waals surface area contributed by atoms with Crippen molar-refractivity contribution in [1.82, 2.24) is 0 Å². The lowest BCUT2D eigenvalue weighted by Crippen LogP contribution is -2.07. The quantitative estimate of drug-likeness (QED) is 0.293. The Morgan fingerprint density at radius 1 is 0.650 bits per heavy atom. The topological polar surface area (TPSA) is 0 Å². The van der Waals surface area contributed by atoms with E-state index in [-0.39, 0.29) is 0 Å². The third kappa shape index (κ3) is 6.08. The molecule has 2 aliphatic carbocycles. The van der Waals surface area contributed by atoms with Crippen LogP contribution in [0.25, 0.3) is 0 Å². The molecule has 0 N–H and O–H groups in total. The minimum absolute atomic E-state index is 1.11. The molecule has 2 saturated carbocycles. The SMILES string of the molecule is BrCCCCCCCCCC1CCC(C2CCCC2)C1. The molecule has 2 fully saturated rings. The van der Waals surface area contributed by atoms with Crippen LogP contribution in [0.4, 0.5) is 0 Å². The highest BCUT2D eigenvalue weighted by atomic mass is 79.9. The first-order chi connectivity index (χ1) is 9.90. The molecule has 0 heterocycles. The Bertz CT molecular complexity index is 232. The second-order valence-corrected chi connectivity index (χ2v) is 8.23. The highest BCUT2D eigenvalue weighted by Gasteiger charge is 2.31. The van der Waals surface area contributed by atoms with Gasteiger partial charge >= 0.3 is 0 Å². The summed E-state index contributed by atoms with van der Waals surface area (Å²) in [6.07, 6.45) is 22.7. The summed E-state index contributed by atoms with van der Waals surface area (Å²) in [6, 6.07) is 0. The maximum absolute atomic E-state index is 3.51. The first-order valence-electron chi connectivity index (χ1n) is 9.46. The molecule has 2 atom stereocenters. The zero-order valence-corrected chi connectivity index (χ0v) is 15.0. The Morgan fingerprint density at radius 3 is 2.00 bits per heavy atom. The smallest absolute Gasteiger partial charge is 0.00313 e. The van der Waals surface area contributed by atoms with Crippen LogP contribution in [-0.4, -0.2) is 5.33 Å². The molecule has 0 aliphatic heterocycles. The first-order valence-corrected chi connectivity index (χ1v) is 10.6. The Morgan fingerprint density at radius 2 is 1.30 bits per heavy atom. The number of hydrogen-bond acceptors (Lipinski definition) is 0. The Labute approximate surface area is 135 Å². The largest absolute Gasteiger partial charge is 0.0928 e. The van der Waals surface area contributed by atoms with Gasteiger partial charge in [0.05, 0.1) is 0 Å². The molecule has 0 aromatic rings. The van der Waals surface area contributed by atoms with Gasteiger partial charge in [0, 0.05) is 5.33 Å². The van der Waals surface area contributed by atoms with Crippen molar-refractivity contribution in [3.63, 3.8) is 0 Å². The normalized spacial score (nSPS) is 27.4. The summed E-state index contributed by atoms with van der Waals surface area (Å²) in [6.45, 7) is 0. The fraction of sp³-hybridized carbons (Fsp3) is 1.00. The van der Waals surface area contributed by atoms with Gasteiger partial charge in [0.2, 0.25) is 0 Å². The summed E-state index contributed by atoms with van der Waals surface area (Å²) < 4.78 is 0. The molecule has 1 heteroatoms. The predicted octanol–water partition coefficient (Wildman–Crippen LogP) is 7.11. The summed E-state index contributed by atoms with van der Waals surface area (Å²) in [4.78, 5) is 0. The summed E-state index contributed by atoms with van der Waals surface area (Å²) in [5.41, 5.74) is 0. The van der Waals surface area contributed by atoms with E-state index in [4.69, 9.17) is 0 Å². The Hall–Kier alpha value is 0.480. The highest BCUT2D eigenvalue weighted by Crippen LogP contribution is 2.44. The third-order valence-corrected chi connectivity index (χ3v) is 6.46. The van der Waals surface area contributed by atoms with E-state index in [1.165, 1.54) is 63.1 Å². The lowest BCUT2D eigenvalue weighted by Gasteiger charge is -2.18. The van der Waals surface area contributed by atoms with Gasteiger partial charge in [-0.3, -0.25) is 0 Å². The van der Waals surface area contributed by atoms with Gasteiger partial charge in [-0.25, -0.2) is 0 Å². The maximum atomic E-state index is 3.51. The average Bonchev–Trinajstić information content (AvgIpc) is 3.12. The van der Waals surface area contributed by atoms with Gasteiger partial charge in [0.1, 0.15) is 0 Å². The van der Waals surface area contributed by atoms with E-state index in [0.717, 1.165) is 17.8 Å². The molecule has 0 amide bonds. The van der Waals surface area contributed by atoms with Gasteiger partial charge in [0.25, 0.3) is 0 Å². The van der Waals surface area contributed by atoms with E-state index in [9.17, 15) is 0 Å². The van der Waals surface area contributed by atoms with Gasteiger partial charge in [-0.15, -0.1) is 0 Å². The van der Waals surface area contributed by atoms with Crippen LogP contribution in [-0.2, 0) is 0 Å². The minimum atomic E-state index is 1.11. The Balaban J connectivity index is 1.43. The third-order valence-electron chi connectivity index (χ3n) is 5.89.